The molecule has 1 N–H and O–H groups in total. The Morgan fingerprint density at radius 2 is 1.81 bits per heavy atom. The van der Waals surface area contributed by atoms with E-state index in [-0.39, 0.29) is 30.9 Å². The molecule has 0 spiro atoms. The highest BCUT2D eigenvalue weighted by atomic mass is 16.5. The van der Waals surface area contributed by atoms with Crippen molar-refractivity contribution in [2.45, 2.75) is 47.1 Å². The summed E-state index contributed by atoms with van der Waals surface area (Å²) in [5, 5.41) is 7.42. The molecule has 0 aliphatic carbocycles. The van der Waals surface area contributed by atoms with Crippen LogP contribution in [0.3, 0.4) is 0 Å². The number of anilines is 1. The molecule has 0 saturated heterocycles. The summed E-state index contributed by atoms with van der Waals surface area (Å²) < 4.78 is 8.40. The van der Waals surface area contributed by atoms with Crippen LogP contribution in [-0.4, -0.2) is 37.8 Å². The number of fused-ring (bicyclic) bond motifs is 1. The first-order valence-corrected chi connectivity index (χ1v) is 12.0. The Morgan fingerprint density at radius 3 is 2.50 bits per heavy atom. The lowest BCUT2D eigenvalue weighted by molar-refractivity contribution is -0.116. The number of esters is 1. The van der Waals surface area contributed by atoms with Crippen LogP contribution in [0.5, 0.6) is 0 Å². The number of hydrogen-bond acceptors (Lipinski definition) is 6. The fourth-order valence-electron chi connectivity index (χ4n) is 4.03. The van der Waals surface area contributed by atoms with Crippen LogP contribution in [0.4, 0.5) is 5.69 Å². The molecule has 4 aromatic rings. The molecule has 1 amide bonds. The van der Waals surface area contributed by atoms with Gasteiger partial charge in [-0.2, -0.15) is 5.10 Å². The van der Waals surface area contributed by atoms with Gasteiger partial charge in [0.25, 0.3) is 5.56 Å². The zero-order valence-electron chi connectivity index (χ0n) is 20.9. The average molecular weight is 488 g/mol. The van der Waals surface area contributed by atoms with Gasteiger partial charge in [-0.15, -0.1) is 0 Å². The van der Waals surface area contributed by atoms with Gasteiger partial charge in [-0.3, -0.25) is 14.2 Å². The SMILES string of the molecule is CCOC(=O)c1cccc(NC(=O)CCc2nc3c(C)nn(-c4ccc(C)cc4)c3n(CC)c2=O)c1. The Morgan fingerprint density at radius 1 is 1.06 bits per heavy atom. The highest BCUT2D eigenvalue weighted by molar-refractivity contribution is 5.94. The zero-order valence-corrected chi connectivity index (χ0v) is 20.9. The predicted molar refractivity (Wildman–Crippen MR) is 138 cm³/mol. The predicted octanol–water partition coefficient (Wildman–Crippen LogP) is 3.97. The Balaban J connectivity index is 1.57. The monoisotopic (exact) mass is 487 g/mol. The summed E-state index contributed by atoms with van der Waals surface area (Å²) in [6, 6.07) is 14.5. The highest BCUT2D eigenvalue weighted by Crippen LogP contribution is 2.20. The summed E-state index contributed by atoms with van der Waals surface area (Å²) in [7, 11) is 0. The average Bonchev–Trinajstić information content (AvgIpc) is 3.19. The van der Waals surface area contributed by atoms with Crippen molar-refractivity contribution >= 4 is 28.7 Å². The van der Waals surface area contributed by atoms with E-state index < -0.39 is 5.97 Å². The van der Waals surface area contributed by atoms with E-state index in [0.717, 1.165) is 11.3 Å². The van der Waals surface area contributed by atoms with Gasteiger partial charge in [0.1, 0.15) is 11.2 Å². The molecule has 186 valence electrons. The Bertz CT molecular complexity index is 1480. The number of nitrogens with zero attached hydrogens (tertiary/aromatic N) is 4. The van der Waals surface area contributed by atoms with Gasteiger partial charge in [-0.25, -0.2) is 14.5 Å². The Hall–Kier alpha value is -4.27. The molecule has 9 nitrogen and oxygen atoms in total. The Kier molecular flexibility index (Phi) is 7.28. The quantitative estimate of drug-likeness (QED) is 0.377. The van der Waals surface area contributed by atoms with E-state index in [1.807, 2.05) is 45.0 Å². The van der Waals surface area contributed by atoms with E-state index in [9.17, 15) is 14.4 Å². The maximum atomic E-state index is 13.3. The van der Waals surface area contributed by atoms with Gasteiger partial charge >= 0.3 is 5.97 Å². The molecule has 0 fully saturated rings. The summed E-state index contributed by atoms with van der Waals surface area (Å²) in [5.41, 5.74) is 4.85. The van der Waals surface area contributed by atoms with Gasteiger partial charge in [0, 0.05) is 25.1 Å². The summed E-state index contributed by atoms with van der Waals surface area (Å²) in [5.74, 6) is -0.736. The lowest BCUT2D eigenvalue weighted by atomic mass is 10.2. The lowest BCUT2D eigenvalue weighted by Crippen LogP contribution is -2.27. The van der Waals surface area contributed by atoms with E-state index in [1.54, 1.807) is 40.4 Å². The number of ether oxygens (including phenoxy) is 1. The van der Waals surface area contributed by atoms with Crippen LogP contribution < -0.4 is 10.9 Å². The Labute approximate surface area is 208 Å². The van der Waals surface area contributed by atoms with Gasteiger partial charge in [0.05, 0.1) is 23.6 Å². The summed E-state index contributed by atoms with van der Waals surface area (Å²) in [6.45, 7) is 8.21. The second kappa shape index (κ2) is 10.6. The molecule has 0 saturated carbocycles. The number of nitrogens with one attached hydrogen (secondary N) is 1. The first-order valence-electron chi connectivity index (χ1n) is 12.0. The summed E-state index contributed by atoms with van der Waals surface area (Å²) in [4.78, 5) is 42.5. The van der Waals surface area contributed by atoms with Crippen molar-refractivity contribution in [2.24, 2.45) is 0 Å². The maximum Gasteiger partial charge on any atom is 0.338 e. The second-order valence-electron chi connectivity index (χ2n) is 8.46. The smallest absolute Gasteiger partial charge is 0.338 e. The third-order valence-electron chi connectivity index (χ3n) is 5.84. The molecule has 0 unspecified atom stereocenters. The van der Waals surface area contributed by atoms with Gasteiger partial charge in [0.15, 0.2) is 5.65 Å². The largest absolute Gasteiger partial charge is 0.462 e. The van der Waals surface area contributed by atoms with Crippen LogP contribution in [0.1, 0.15) is 47.6 Å². The van der Waals surface area contributed by atoms with E-state index in [1.165, 1.54) is 0 Å². The van der Waals surface area contributed by atoms with Crippen molar-refractivity contribution in [1.82, 2.24) is 19.3 Å². The van der Waals surface area contributed by atoms with Crippen LogP contribution in [-0.2, 0) is 22.5 Å². The number of amides is 1. The van der Waals surface area contributed by atoms with Crippen LogP contribution in [0, 0.1) is 13.8 Å². The standard InChI is InChI=1S/C27H29N5O4/c1-5-31-25-24(18(4)30-32(25)21-12-10-17(3)11-13-21)29-22(26(31)34)14-15-23(33)28-20-9-7-8-19(16-20)27(35)36-6-2/h7-13,16H,5-6,14-15H2,1-4H3,(H,28,33). The summed E-state index contributed by atoms with van der Waals surface area (Å²) in [6.07, 6.45) is 0.236. The van der Waals surface area contributed by atoms with Gasteiger partial charge in [0.2, 0.25) is 5.91 Å². The van der Waals surface area contributed by atoms with Crippen LogP contribution in [0.2, 0.25) is 0 Å². The molecule has 0 radical (unpaired) electrons. The second-order valence-corrected chi connectivity index (χ2v) is 8.46. The van der Waals surface area contributed by atoms with Gasteiger partial charge in [-0.1, -0.05) is 23.8 Å². The summed E-state index contributed by atoms with van der Waals surface area (Å²) >= 11 is 0. The molecular weight excluding hydrogens is 458 g/mol. The number of aromatic nitrogens is 4. The number of carbonyl (C=O) groups excluding carboxylic acids is 2. The number of rotatable bonds is 8. The van der Waals surface area contributed by atoms with E-state index in [2.05, 4.69) is 15.4 Å². The third kappa shape index (κ3) is 5.05. The number of aryl methyl sites for hydroxylation is 4. The normalized spacial score (nSPS) is 11.0. The van der Waals surface area contributed by atoms with Crippen molar-refractivity contribution in [3.8, 4) is 5.69 Å². The third-order valence-corrected chi connectivity index (χ3v) is 5.84. The van der Waals surface area contributed by atoms with Gasteiger partial charge in [-0.05, 0) is 58.0 Å². The molecule has 0 bridgehead atoms. The molecule has 2 heterocycles. The minimum Gasteiger partial charge on any atom is -0.462 e. The van der Waals surface area contributed by atoms with Crippen LogP contribution >= 0.6 is 0 Å². The first-order chi connectivity index (χ1) is 17.3. The molecule has 36 heavy (non-hydrogen) atoms. The lowest BCUT2D eigenvalue weighted by Gasteiger charge is -2.11. The van der Waals surface area contributed by atoms with Crippen molar-refractivity contribution in [2.75, 3.05) is 11.9 Å². The molecule has 0 aliphatic rings. The number of benzene rings is 2. The van der Waals surface area contributed by atoms with Gasteiger partial charge < -0.3 is 10.1 Å². The van der Waals surface area contributed by atoms with Crippen LogP contribution in [0.25, 0.3) is 16.9 Å². The minimum absolute atomic E-state index is 0.0617. The minimum atomic E-state index is -0.451. The molecule has 0 atom stereocenters. The van der Waals surface area contributed by atoms with E-state index >= 15 is 0 Å². The fraction of sp³-hybridized carbons (Fsp3) is 0.296. The molecule has 4 rings (SSSR count). The molecule has 0 aliphatic heterocycles. The van der Waals surface area contributed by atoms with Crippen molar-refractivity contribution in [3.63, 3.8) is 0 Å². The van der Waals surface area contributed by atoms with Crippen molar-refractivity contribution in [3.05, 3.63) is 81.4 Å². The number of carbonyl (C=O) groups is 2. The molecule has 2 aromatic heterocycles. The topological polar surface area (TPSA) is 108 Å². The first kappa shape index (κ1) is 24.8. The van der Waals surface area contributed by atoms with E-state index in [4.69, 9.17) is 4.74 Å². The van der Waals surface area contributed by atoms with Crippen molar-refractivity contribution < 1.29 is 14.3 Å². The van der Waals surface area contributed by atoms with Crippen molar-refractivity contribution in [1.29, 1.82) is 0 Å². The van der Waals surface area contributed by atoms with E-state index in [0.29, 0.717) is 40.3 Å². The number of hydrogen-bond donors (Lipinski definition) is 1. The maximum absolute atomic E-state index is 13.3. The zero-order chi connectivity index (χ0) is 25.8. The molecular formula is C27H29N5O4. The molecule has 2 aromatic carbocycles. The van der Waals surface area contributed by atoms with Crippen LogP contribution in [0.15, 0.2) is 53.3 Å². The fourth-order valence-corrected chi connectivity index (χ4v) is 4.03. The highest BCUT2D eigenvalue weighted by Gasteiger charge is 2.19. The molecule has 9 heteroatoms.